The van der Waals surface area contributed by atoms with Crippen LogP contribution in [-0.4, -0.2) is 0 Å². The van der Waals surface area contributed by atoms with Gasteiger partial charge < -0.3 is 0 Å². The van der Waals surface area contributed by atoms with Crippen LogP contribution in [0.15, 0.2) is 194 Å². The SMILES string of the molecule is Cc1ccc(C2(c3ccc(-c4ccc(C5(c6ccc(C)c(C)c6)c6ccccc6-c6cc7ccccc7cc65)cc4)cc3)c3ccccc3-c3ccccc32)cc1C. The molecule has 2 aliphatic rings. The number of rotatable bonds is 5. The maximum atomic E-state index is 2.46. The highest BCUT2D eigenvalue weighted by atomic mass is 14.5. The number of aryl methyl sites for hydroxylation is 4. The first kappa shape index (κ1) is 34.5. The molecule has 0 bridgehead atoms. The molecule has 0 aliphatic heterocycles. The van der Waals surface area contributed by atoms with Crippen LogP contribution in [0.4, 0.5) is 0 Å². The van der Waals surface area contributed by atoms with Crippen LogP contribution in [0.5, 0.6) is 0 Å². The molecule has 0 saturated heterocycles. The standard InChI is InChI=1S/C58H44/c1-37-21-27-47(33-39(37)3)57(53-18-10-7-15-49(53)50-16-8-11-19-54(50)57)45-29-23-41(24-30-45)42-25-31-46(32-26-42)58(48-28-22-38(2)40(4)34-48)55-20-12-9-17-51(55)52-35-43-13-5-6-14-44(43)36-56(52)58/h5-36H,1-4H3. The highest BCUT2D eigenvalue weighted by Crippen LogP contribution is 2.58. The lowest BCUT2D eigenvalue weighted by Crippen LogP contribution is -2.29. The van der Waals surface area contributed by atoms with Gasteiger partial charge in [0.2, 0.25) is 0 Å². The van der Waals surface area contributed by atoms with Crippen LogP contribution in [0, 0.1) is 27.7 Å². The Morgan fingerprint density at radius 3 is 1.07 bits per heavy atom. The molecule has 0 radical (unpaired) electrons. The van der Waals surface area contributed by atoms with Crippen LogP contribution in [0.2, 0.25) is 0 Å². The summed E-state index contributed by atoms with van der Waals surface area (Å²) >= 11 is 0. The molecule has 0 aromatic heterocycles. The van der Waals surface area contributed by atoms with Gasteiger partial charge in [0.15, 0.2) is 0 Å². The van der Waals surface area contributed by atoms with Crippen LogP contribution >= 0.6 is 0 Å². The topological polar surface area (TPSA) is 0 Å². The van der Waals surface area contributed by atoms with Gasteiger partial charge in [0.05, 0.1) is 10.8 Å². The normalized spacial score (nSPS) is 15.8. The Bertz CT molecular complexity index is 3040. The molecule has 11 rings (SSSR count). The molecule has 0 heteroatoms. The van der Waals surface area contributed by atoms with E-state index in [4.69, 9.17) is 0 Å². The molecule has 0 saturated carbocycles. The molecule has 0 N–H and O–H groups in total. The van der Waals surface area contributed by atoms with Gasteiger partial charge in [-0.05, 0) is 151 Å². The van der Waals surface area contributed by atoms with Gasteiger partial charge in [-0.15, -0.1) is 0 Å². The number of hydrogen-bond acceptors (Lipinski definition) is 0. The van der Waals surface area contributed by atoms with E-state index in [1.807, 2.05) is 0 Å². The van der Waals surface area contributed by atoms with E-state index in [9.17, 15) is 0 Å². The van der Waals surface area contributed by atoms with E-state index in [2.05, 4.69) is 222 Å². The van der Waals surface area contributed by atoms with Gasteiger partial charge in [0.25, 0.3) is 0 Å². The van der Waals surface area contributed by atoms with Gasteiger partial charge in [0, 0.05) is 0 Å². The Balaban J connectivity index is 1.07. The first-order chi connectivity index (χ1) is 28.4. The third kappa shape index (κ3) is 4.75. The zero-order chi connectivity index (χ0) is 39.2. The average molecular weight is 741 g/mol. The fourth-order valence-electron chi connectivity index (χ4n) is 10.6. The Kier molecular flexibility index (Phi) is 7.66. The molecule has 0 spiro atoms. The van der Waals surface area contributed by atoms with Gasteiger partial charge in [-0.25, -0.2) is 0 Å². The summed E-state index contributed by atoms with van der Waals surface area (Å²) in [6, 6.07) is 73.8. The predicted molar refractivity (Wildman–Crippen MR) is 243 cm³/mol. The summed E-state index contributed by atoms with van der Waals surface area (Å²) in [7, 11) is 0. The van der Waals surface area contributed by atoms with Crippen molar-refractivity contribution in [1.82, 2.24) is 0 Å². The van der Waals surface area contributed by atoms with E-state index in [-0.39, 0.29) is 0 Å². The first-order valence-electron chi connectivity index (χ1n) is 20.6. The summed E-state index contributed by atoms with van der Waals surface area (Å²) in [5.74, 6) is 0. The van der Waals surface area contributed by atoms with Gasteiger partial charge >= 0.3 is 0 Å². The van der Waals surface area contributed by atoms with Crippen LogP contribution in [-0.2, 0) is 10.8 Å². The zero-order valence-electron chi connectivity index (χ0n) is 33.5. The van der Waals surface area contributed by atoms with Crippen LogP contribution in [0.25, 0.3) is 44.2 Å². The van der Waals surface area contributed by atoms with Crippen LogP contribution in [0.1, 0.15) is 66.8 Å². The lowest BCUT2D eigenvalue weighted by molar-refractivity contribution is 0.766. The van der Waals surface area contributed by atoms with Gasteiger partial charge in [-0.2, -0.15) is 0 Å². The van der Waals surface area contributed by atoms with Crippen LogP contribution < -0.4 is 0 Å². The van der Waals surface area contributed by atoms with E-state index in [0.717, 1.165) is 0 Å². The van der Waals surface area contributed by atoms with E-state index in [0.29, 0.717) is 0 Å². The second-order valence-electron chi connectivity index (χ2n) is 16.6. The summed E-state index contributed by atoms with van der Waals surface area (Å²) in [6.45, 7) is 8.90. The minimum Gasteiger partial charge on any atom is -0.0619 e. The molecule has 9 aromatic carbocycles. The lowest BCUT2D eigenvalue weighted by atomic mass is 9.66. The third-order valence-corrected chi connectivity index (χ3v) is 13.7. The minimum atomic E-state index is -0.460. The largest absolute Gasteiger partial charge is 0.0713 e. The second-order valence-corrected chi connectivity index (χ2v) is 16.6. The summed E-state index contributed by atoms with van der Waals surface area (Å²) in [4.78, 5) is 0. The highest BCUT2D eigenvalue weighted by Gasteiger charge is 2.47. The summed E-state index contributed by atoms with van der Waals surface area (Å²) in [6.07, 6.45) is 0. The summed E-state index contributed by atoms with van der Waals surface area (Å²) in [5.41, 5.74) is 22.6. The molecule has 1 atom stereocenters. The Morgan fingerprint density at radius 1 is 0.259 bits per heavy atom. The van der Waals surface area contributed by atoms with Crippen molar-refractivity contribution in [2.45, 2.75) is 38.5 Å². The van der Waals surface area contributed by atoms with Gasteiger partial charge in [-0.3, -0.25) is 0 Å². The van der Waals surface area contributed by atoms with Crippen molar-refractivity contribution in [2.75, 3.05) is 0 Å². The second kappa shape index (κ2) is 12.9. The molecular formula is C58H44. The number of hydrogen-bond donors (Lipinski definition) is 0. The van der Waals surface area contributed by atoms with Crippen molar-refractivity contribution in [2.24, 2.45) is 0 Å². The maximum Gasteiger partial charge on any atom is 0.0713 e. The van der Waals surface area contributed by atoms with Crippen LogP contribution in [0.3, 0.4) is 0 Å². The lowest BCUT2D eigenvalue weighted by Gasteiger charge is -2.35. The quantitative estimate of drug-likeness (QED) is 0.165. The van der Waals surface area contributed by atoms with E-state index in [1.165, 1.54) is 111 Å². The molecule has 58 heavy (non-hydrogen) atoms. The molecule has 0 heterocycles. The average Bonchev–Trinajstić information content (AvgIpc) is 3.73. The van der Waals surface area contributed by atoms with E-state index in [1.54, 1.807) is 0 Å². The Labute approximate surface area is 342 Å². The van der Waals surface area contributed by atoms with E-state index < -0.39 is 10.8 Å². The fourth-order valence-corrected chi connectivity index (χ4v) is 10.6. The van der Waals surface area contributed by atoms with Crippen molar-refractivity contribution in [3.05, 3.63) is 261 Å². The molecule has 1 unspecified atom stereocenters. The van der Waals surface area contributed by atoms with Crippen molar-refractivity contribution in [1.29, 1.82) is 0 Å². The van der Waals surface area contributed by atoms with E-state index >= 15 is 0 Å². The Morgan fingerprint density at radius 2 is 0.621 bits per heavy atom. The summed E-state index contributed by atoms with van der Waals surface area (Å²) < 4.78 is 0. The number of benzene rings is 9. The predicted octanol–water partition coefficient (Wildman–Crippen LogP) is 14.5. The first-order valence-corrected chi connectivity index (χ1v) is 20.6. The minimum absolute atomic E-state index is 0.417. The summed E-state index contributed by atoms with van der Waals surface area (Å²) in [5, 5.41) is 2.54. The van der Waals surface area contributed by atoms with Crippen molar-refractivity contribution in [3.8, 4) is 33.4 Å². The molecular weight excluding hydrogens is 697 g/mol. The fraction of sp³-hybridized carbons (Fsp3) is 0.103. The van der Waals surface area contributed by atoms with Gasteiger partial charge in [-0.1, -0.05) is 182 Å². The monoisotopic (exact) mass is 740 g/mol. The zero-order valence-corrected chi connectivity index (χ0v) is 33.5. The highest BCUT2D eigenvalue weighted by molar-refractivity contribution is 5.96. The van der Waals surface area contributed by atoms with Crippen molar-refractivity contribution in [3.63, 3.8) is 0 Å². The maximum absolute atomic E-state index is 2.46. The Hall–Kier alpha value is -6.76. The third-order valence-electron chi connectivity index (χ3n) is 13.7. The molecule has 2 aliphatic carbocycles. The molecule has 9 aromatic rings. The van der Waals surface area contributed by atoms with Crippen molar-refractivity contribution < 1.29 is 0 Å². The van der Waals surface area contributed by atoms with Crippen molar-refractivity contribution >= 4 is 10.8 Å². The smallest absolute Gasteiger partial charge is 0.0619 e. The number of fused-ring (bicyclic) bond motifs is 7. The molecule has 0 fully saturated rings. The molecule has 276 valence electrons. The molecule has 0 nitrogen and oxygen atoms in total. The molecule has 0 amide bonds. The van der Waals surface area contributed by atoms with Gasteiger partial charge in [0.1, 0.15) is 0 Å².